The topological polar surface area (TPSA) is 125 Å². The van der Waals surface area contributed by atoms with Gasteiger partial charge in [0.25, 0.3) is 0 Å². The number of esters is 4. The van der Waals surface area contributed by atoms with E-state index >= 15 is 14.4 Å². The van der Waals surface area contributed by atoms with Crippen LogP contribution in [0.25, 0.3) is 0 Å². The SMILES string of the molecule is CCP(C1(CC)CC1(CC(C)(C)C)C(=O)OC1(C)C2CC3CC(C2)CC1C3)C1(C(=O)OC2CCOC2=O)CC1(CC)C(C)(CC)CC1(C(=O)OC23CC4CC(CC(O)(C4)C2)C3)CC1(C)CC. The number of carbonyl (C=O) groups excluding carboxylic acids is 4. The maximum absolute atomic E-state index is 15.9. The van der Waals surface area contributed by atoms with Crippen LogP contribution in [0.3, 0.4) is 0 Å². The first-order chi connectivity index (χ1) is 30.9. The van der Waals surface area contributed by atoms with Gasteiger partial charge in [-0.25, -0.2) is 4.79 Å². The van der Waals surface area contributed by atoms with Crippen LogP contribution < -0.4 is 0 Å². The van der Waals surface area contributed by atoms with Crippen LogP contribution in [-0.2, 0) is 38.1 Å². The predicted octanol–water partition coefficient (Wildman–Crippen LogP) is 11.9. The molecule has 370 valence electrons. The Morgan fingerprint density at radius 1 is 0.712 bits per heavy atom. The van der Waals surface area contributed by atoms with Crippen molar-refractivity contribution in [3.63, 3.8) is 0 Å². The Balaban J connectivity index is 1.03. The Kier molecular flexibility index (Phi) is 11.0. The summed E-state index contributed by atoms with van der Waals surface area (Å²) in [6.45, 7) is 25.0. The lowest BCUT2D eigenvalue weighted by Gasteiger charge is -2.59. The minimum absolute atomic E-state index is 0.0354. The second-order valence-electron chi connectivity index (χ2n) is 27.3. The molecular formula is C56H87O9P. The molecule has 12 aliphatic rings. The lowest BCUT2D eigenvalue weighted by atomic mass is 9.50. The lowest BCUT2D eigenvalue weighted by Crippen LogP contribution is -2.61. The summed E-state index contributed by atoms with van der Waals surface area (Å²) >= 11 is 0. The highest BCUT2D eigenvalue weighted by atomic mass is 31.1. The molecule has 0 aromatic rings. The van der Waals surface area contributed by atoms with Gasteiger partial charge in [0, 0.05) is 18.0 Å². The summed E-state index contributed by atoms with van der Waals surface area (Å²) in [5.74, 6) is 2.23. The van der Waals surface area contributed by atoms with Gasteiger partial charge in [0.2, 0.25) is 6.10 Å². The molecular weight excluding hydrogens is 848 g/mol. The number of cyclic esters (lactones) is 1. The predicted molar refractivity (Wildman–Crippen MR) is 256 cm³/mol. The summed E-state index contributed by atoms with van der Waals surface area (Å²) in [5.41, 5.74) is -4.74. The fourth-order valence-electron chi connectivity index (χ4n) is 19.5. The molecule has 1 aliphatic heterocycles. The van der Waals surface area contributed by atoms with Gasteiger partial charge in [0.05, 0.1) is 28.2 Å². The van der Waals surface area contributed by atoms with Gasteiger partial charge in [-0.2, -0.15) is 0 Å². The Hall–Kier alpha value is -1.73. The Morgan fingerprint density at radius 2 is 1.32 bits per heavy atom. The molecule has 11 saturated carbocycles. The van der Waals surface area contributed by atoms with Crippen LogP contribution in [0, 0.1) is 68.0 Å². The summed E-state index contributed by atoms with van der Waals surface area (Å²) in [5, 5.41) is 10.3. The van der Waals surface area contributed by atoms with E-state index in [4.69, 9.17) is 18.9 Å². The van der Waals surface area contributed by atoms with Gasteiger partial charge in [-0.1, -0.05) is 83.6 Å². The Bertz CT molecular complexity index is 1980. The molecule has 11 aliphatic carbocycles. The molecule has 9 nitrogen and oxygen atoms in total. The second kappa shape index (κ2) is 15.1. The fraction of sp³-hybridized carbons (Fsp3) is 0.929. The molecule has 12 rings (SSSR count). The van der Waals surface area contributed by atoms with Crippen LogP contribution in [0.2, 0.25) is 0 Å². The maximum Gasteiger partial charge on any atom is 0.347 e. The van der Waals surface area contributed by atoms with Crippen molar-refractivity contribution in [2.24, 2.45) is 68.0 Å². The van der Waals surface area contributed by atoms with Crippen LogP contribution in [0.4, 0.5) is 0 Å². The van der Waals surface area contributed by atoms with Gasteiger partial charge in [0.1, 0.15) is 11.2 Å². The number of carbonyl (C=O) groups is 4. The van der Waals surface area contributed by atoms with Gasteiger partial charge < -0.3 is 24.1 Å². The van der Waals surface area contributed by atoms with Crippen molar-refractivity contribution < 1.29 is 43.2 Å². The molecule has 11 atom stereocenters. The minimum atomic E-state index is -1.25. The van der Waals surface area contributed by atoms with E-state index in [2.05, 4.69) is 76.2 Å². The molecule has 8 bridgehead atoms. The molecule has 0 aromatic heterocycles. The van der Waals surface area contributed by atoms with E-state index in [-0.39, 0.29) is 35.3 Å². The largest absolute Gasteiger partial charge is 0.463 e. The summed E-state index contributed by atoms with van der Waals surface area (Å²) < 4.78 is 26.1. The lowest BCUT2D eigenvalue weighted by molar-refractivity contribution is -0.225. The van der Waals surface area contributed by atoms with Crippen LogP contribution in [0.15, 0.2) is 0 Å². The molecule has 1 heterocycles. The average Bonchev–Trinajstić information content (AvgIpc) is 4.16. The van der Waals surface area contributed by atoms with Crippen molar-refractivity contribution >= 4 is 31.8 Å². The zero-order chi connectivity index (χ0) is 47.5. The number of hydrogen-bond acceptors (Lipinski definition) is 9. The van der Waals surface area contributed by atoms with Crippen molar-refractivity contribution in [2.75, 3.05) is 12.8 Å². The molecule has 1 N–H and O–H groups in total. The zero-order valence-corrected chi connectivity index (χ0v) is 43.9. The third-order valence-corrected chi connectivity index (χ3v) is 26.9. The summed E-state index contributed by atoms with van der Waals surface area (Å²) in [6.07, 6.45) is 17.6. The molecule has 0 radical (unpaired) electrons. The Morgan fingerprint density at radius 3 is 1.80 bits per heavy atom. The van der Waals surface area contributed by atoms with Crippen LogP contribution in [0.5, 0.6) is 0 Å². The highest BCUT2D eigenvalue weighted by Crippen LogP contribution is 2.93. The first kappa shape index (κ1) is 47.9. The quantitative estimate of drug-likeness (QED) is 0.0862. The van der Waals surface area contributed by atoms with Crippen LogP contribution in [0.1, 0.15) is 211 Å². The molecule has 10 heteroatoms. The van der Waals surface area contributed by atoms with Gasteiger partial charge in [-0.05, 0) is 186 Å². The van der Waals surface area contributed by atoms with Crippen molar-refractivity contribution in [1.82, 2.24) is 0 Å². The first-order valence-electron chi connectivity index (χ1n) is 27.2. The van der Waals surface area contributed by atoms with Crippen LogP contribution in [-0.4, -0.2) is 75.0 Å². The fourth-order valence-corrected chi connectivity index (χ4v) is 24.6. The monoisotopic (exact) mass is 935 g/mol. The highest BCUT2D eigenvalue weighted by molar-refractivity contribution is 7.63. The van der Waals surface area contributed by atoms with E-state index in [0.29, 0.717) is 62.2 Å². The molecule has 11 unspecified atom stereocenters. The van der Waals surface area contributed by atoms with Gasteiger partial charge in [-0.3, -0.25) is 14.4 Å². The number of rotatable bonds is 17. The molecule has 0 spiro atoms. The zero-order valence-electron chi connectivity index (χ0n) is 43.0. The van der Waals surface area contributed by atoms with E-state index in [1.165, 1.54) is 6.42 Å². The maximum atomic E-state index is 15.9. The van der Waals surface area contributed by atoms with Crippen LogP contribution >= 0.6 is 7.92 Å². The van der Waals surface area contributed by atoms with E-state index in [9.17, 15) is 9.90 Å². The number of ether oxygens (including phenoxy) is 4. The van der Waals surface area contributed by atoms with E-state index in [1.54, 1.807) is 0 Å². The molecule has 66 heavy (non-hydrogen) atoms. The molecule has 0 amide bonds. The van der Waals surface area contributed by atoms with Crippen molar-refractivity contribution in [2.45, 2.75) is 244 Å². The normalized spacial score (nSPS) is 50.4. The van der Waals surface area contributed by atoms with Crippen molar-refractivity contribution in [1.29, 1.82) is 0 Å². The van der Waals surface area contributed by atoms with Gasteiger partial charge >= 0.3 is 23.9 Å². The molecule has 1 saturated heterocycles. The summed E-state index contributed by atoms with van der Waals surface area (Å²) in [6, 6.07) is 0. The smallest absolute Gasteiger partial charge is 0.347 e. The van der Waals surface area contributed by atoms with Gasteiger partial charge in [0.15, 0.2) is 0 Å². The van der Waals surface area contributed by atoms with Crippen molar-refractivity contribution in [3.8, 4) is 0 Å². The minimum Gasteiger partial charge on any atom is -0.463 e. The highest BCUT2D eigenvalue weighted by Gasteiger charge is 2.88. The van der Waals surface area contributed by atoms with Crippen molar-refractivity contribution in [3.05, 3.63) is 0 Å². The molecule has 0 aromatic carbocycles. The second-order valence-corrected chi connectivity index (χ2v) is 30.5. The Labute approximate surface area is 398 Å². The number of aliphatic hydroxyl groups is 1. The van der Waals surface area contributed by atoms with E-state index in [0.717, 1.165) is 108 Å². The average molecular weight is 935 g/mol. The number of hydrogen-bond donors (Lipinski definition) is 1. The van der Waals surface area contributed by atoms with E-state index < -0.39 is 68.8 Å². The summed E-state index contributed by atoms with van der Waals surface area (Å²) in [4.78, 5) is 60.1. The third kappa shape index (κ3) is 6.59. The third-order valence-electron chi connectivity index (χ3n) is 22.6. The van der Waals surface area contributed by atoms with E-state index in [1.807, 2.05) is 0 Å². The van der Waals surface area contributed by atoms with Gasteiger partial charge in [-0.15, -0.1) is 0 Å². The summed E-state index contributed by atoms with van der Waals surface area (Å²) in [7, 11) is -1.25. The standard InChI is InChI=1S/C56H87O9P/c1-12-47(9)30-52(47,43(58)65-51-27-37-20-38(28-51)26-50(61,25-37)32-51)31-48(10,13-2)54(14-3)34-56(54,45(60)63-41-17-18-62-42(41)57)66(16-5)55(15-4)33-53(55,29-46(6,7)8)44(59)64-49(11)39-21-35-19-36(23-39)24-40(49)22-35/h35-41,61H,12-34H2,1-11H3. The molecule has 12 fully saturated rings. The first-order valence-corrected chi connectivity index (χ1v) is 28.7.